The average molecular weight is 524 g/mol. The van der Waals surface area contributed by atoms with Crippen molar-refractivity contribution >= 4 is 35.8 Å². The number of benzene rings is 2. The summed E-state index contributed by atoms with van der Waals surface area (Å²) in [6.45, 7) is 9.84. The van der Waals surface area contributed by atoms with E-state index in [1.165, 1.54) is 0 Å². The van der Waals surface area contributed by atoms with Crippen molar-refractivity contribution in [2.75, 3.05) is 13.6 Å². The second-order valence-corrected chi connectivity index (χ2v) is 7.66. The Labute approximate surface area is 196 Å². The third-order valence-corrected chi connectivity index (χ3v) is 4.07. The Morgan fingerprint density at radius 2 is 1.60 bits per heavy atom. The molecule has 2 rings (SSSR count). The first-order valence-corrected chi connectivity index (χ1v) is 9.91. The molecule has 0 spiro atoms. The number of hydrogen-bond donors (Lipinski definition) is 3. The maximum absolute atomic E-state index is 11.8. The third kappa shape index (κ3) is 8.61. The lowest BCUT2D eigenvalue weighted by Crippen LogP contribution is -2.36. The smallest absolute Gasteiger partial charge is 0.251 e. The summed E-state index contributed by atoms with van der Waals surface area (Å²) in [6.07, 6.45) is 0. The van der Waals surface area contributed by atoms with Crippen LogP contribution < -0.4 is 20.7 Å². The normalized spacial score (nSPS) is 11.3. The van der Waals surface area contributed by atoms with Gasteiger partial charge < -0.3 is 20.7 Å². The molecule has 0 saturated heterocycles. The number of guanidine groups is 1. The van der Waals surface area contributed by atoms with Crippen molar-refractivity contribution in [3.63, 3.8) is 0 Å². The van der Waals surface area contributed by atoms with Crippen LogP contribution in [0.3, 0.4) is 0 Å². The molecule has 0 heterocycles. The van der Waals surface area contributed by atoms with E-state index in [0.29, 0.717) is 31.2 Å². The predicted molar refractivity (Wildman–Crippen MR) is 134 cm³/mol. The Hall–Kier alpha value is -2.29. The number of hydrogen-bond acceptors (Lipinski definition) is 3. The molecule has 0 bridgehead atoms. The molecular weight excluding hydrogens is 491 g/mol. The minimum absolute atomic E-state index is 0. The molecule has 2 aromatic carbocycles. The molecule has 6 nitrogen and oxygen atoms in total. The topological polar surface area (TPSA) is 74.8 Å². The number of carbonyl (C=O) groups excluding carboxylic acids is 1. The van der Waals surface area contributed by atoms with Gasteiger partial charge in [0.15, 0.2) is 5.96 Å². The van der Waals surface area contributed by atoms with E-state index < -0.39 is 0 Å². The van der Waals surface area contributed by atoms with E-state index in [1.807, 2.05) is 76.2 Å². The Kier molecular flexibility index (Phi) is 10.7. The zero-order valence-electron chi connectivity index (χ0n) is 18.4. The van der Waals surface area contributed by atoms with Gasteiger partial charge in [0, 0.05) is 37.8 Å². The van der Waals surface area contributed by atoms with Crippen LogP contribution in [0.4, 0.5) is 0 Å². The SMILES string of the molecule is CCNC(=O)c1ccc(CNC(=NC)NCc2ccccc2OC(C)(C)C)cc1.I. The third-order valence-electron chi connectivity index (χ3n) is 4.07. The molecule has 7 heteroatoms. The fourth-order valence-corrected chi connectivity index (χ4v) is 2.70. The van der Waals surface area contributed by atoms with Crippen molar-refractivity contribution in [3.8, 4) is 5.75 Å². The van der Waals surface area contributed by atoms with Gasteiger partial charge in [0.05, 0.1) is 0 Å². The van der Waals surface area contributed by atoms with E-state index in [4.69, 9.17) is 4.74 Å². The summed E-state index contributed by atoms with van der Waals surface area (Å²) in [4.78, 5) is 16.1. The van der Waals surface area contributed by atoms with Gasteiger partial charge in [-0.2, -0.15) is 0 Å². The number of carbonyl (C=O) groups is 1. The largest absolute Gasteiger partial charge is 0.488 e. The van der Waals surface area contributed by atoms with Crippen LogP contribution in [0, 0.1) is 0 Å². The second kappa shape index (κ2) is 12.4. The number of rotatable bonds is 7. The van der Waals surface area contributed by atoms with Crippen LogP contribution in [0.15, 0.2) is 53.5 Å². The predicted octanol–water partition coefficient (Wildman–Crippen LogP) is 4.10. The summed E-state index contributed by atoms with van der Waals surface area (Å²) in [7, 11) is 1.74. The number of ether oxygens (including phenoxy) is 1. The molecular formula is C23H33IN4O2. The van der Waals surface area contributed by atoms with Crippen molar-refractivity contribution in [2.45, 2.75) is 46.4 Å². The Morgan fingerprint density at radius 3 is 2.20 bits per heavy atom. The second-order valence-electron chi connectivity index (χ2n) is 7.66. The highest BCUT2D eigenvalue weighted by Crippen LogP contribution is 2.22. The lowest BCUT2D eigenvalue weighted by atomic mass is 10.1. The zero-order valence-corrected chi connectivity index (χ0v) is 20.7. The number of aliphatic imine (C=N–C) groups is 1. The molecule has 0 aliphatic rings. The molecule has 0 aliphatic heterocycles. The summed E-state index contributed by atoms with van der Waals surface area (Å²) in [6, 6.07) is 15.5. The molecule has 30 heavy (non-hydrogen) atoms. The highest BCUT2D eigenvalue weighted by atomic mass is 127. The molecule has 0 radical (unpaired) electrons. The first-order chi connectivity index (χ1) is 13.8. The number of halogens is 1. The van der Waals surface area contributed by atoms with E-state index in [0.717, 1.165) is 16.9 Å². The number of nitrogens with zero attached hydrogens (tertiary/aromatic N) is 1. The van der Waals surface area contributed by atoms with Crippen molar-refractivity contribution in [1.82, 2.24) is 16.0 Å². The molecule has 0 aromatic heterocycles. The molecule has 0 atom stereocenters. The fraction of sp³-hybridized carbons (Fsp3) is 0.391. The number of amides is 1. The van der Waals surface area contributed by atoms with Crippen LogP contribution in [0.25, 0.3) is 0 Å². The summed E-state index contributed by atoms with van der Waals surface area (Å²) in [5, 5.41) is 9.42. The molecule has 0 unspecified atom stereocenters. The average Bonchev–Trinajstić information content (AvgIpc) is 2.68. The van der Waals surface area contributed by atoms with Gasteiger partial charge in [-0.3, -0.25) is 9.79 Å². The molecule has 1 amide bonds. The van der Waals surface area contributed by atoms with E-state index in [-0.39, 0.29) is 35.5 Å². The van der Waals surface area contributed by atoms with Crippen molar-refractivity contribution in [3.05, 3.63) is 65.2 Å². The van der Waals surface area contributed by atoms with Gasteiger partial charge in [0.25, 0.3) is 5.91 Å². The Morgan fingerprint density at radius 1 is 0.967 bits per heavy atom. The summed E-state index contributed by atoms with van der Waals surface area (Å²) < 4.78 is 6.04. The van der Waals surface area contributed by atoms with Crippen molar-refractivity contribution in [1.29, 1.82) is 0 Å². The molecule has 0 fully saturated rings. The van der Waals surface area contributed by atoms with E-state index in [1.54, 1.807) is 7.05 Å². The number of nitrogens with one attached hydrogen (secondary N) is 3. The van der Waals surface area contributed by atoms with Gasteiger partial charge in [0.2, 0.25) is 0 Å². The molecule has 2 aromatic rings. The molecule has 0 aliphatic carbocycles. The van der Waals surface area contributed by atoms with Crippen molar-refractivity contribution in [2.24, 2.45) is 4.99 Å². The maximum atomic E-state index is 11.8. The van der Waals surface area contributed by atoms with Crippen LogP contribution in [-0.4, -0.2) is 31.1 Å². The van der Waals surface area contributed by atoms with Crippen LogP contribution >= 0.6 is 24.0 Å². The quantitative estimate of drug-likeness (QED) is 0.290. The summed E-state index contributed by atoms with van der Waals surface area (Å²) in [5.74, 6) is 1.51. The summed E-state index contributed by atoms with van der Waals surface area (Å²) >= 11 is 0. The van der Waals surface area contributed by atoms with E-state index in [2.05, 4.69) is 20.9 Å². The van der Waals surface area contributed by atoms with Crippen molar-refractivity contribution < 1.29 is 9.53 Å². The van der Waals surface area contributed by atoms with Gasteiger partial charge in [-0.15, -0.1) is 24.0 Å². The van der Waals surface area contributed by atoms with Gasteiger partial charge in [-0.1, -0.05) is 30.3 Å². The van der Waals surface area contributed by atoms with Crippen LogP contribution in [0.5, 0.6) is 5.75 Å². The fourth-order valence-electron chi connectivity index (χ4n) is 2.70. The highest BCUT2D eigenvalue weighted by Gasteiger charge is 2.14. The lowest BCUT2D eigenvalue weighted by molar-refractivity contribution is 0.0955. The standard InChI is InChI=1S/C23H32N4O2.HI/c1-6-25-21(28)18-13-11-17(12-14-18)15-26-22(24-5)27-16-19-9-7-8-10-20(19)29-23(2,3)4;/h7-14H,6,15-16H2,1-5H3,(H,25,28)(H2,24,26,27);1H. The van der Waals surface area contributed by atoms with E-state index >= 15 is 0 Å². The maximum Gasteiger partial charge on any atom is 0.251 e. The number of para-hydroxylation sites is 1. The van der Waals surface area contributed by atoms with Crippen LogP contribution in [-0.2, 0) is 13.1 Å². The van der Waals surface area contributed by atoms with Gasteiger partial charge in [-0.05, 0) is 51.5 Å². The monoisotopic (exact) mass is 524 g/mol. The Bertz CT molecular complexity index is 830. The summed E-state index contributed by atoms with van der Waals surface area (Å²) in [5.41, 5.74) is 2.54. The van der Waals surface area contributed by atoms with Gasteiger partial charge >= 0.3 is 0 Å². The van der Waals surface area contributed by atoms with Crippen LogP contribution in [0.1, 0.15) is 49.2 Å². The molecule has 0 saturated carbocycles. The molecule has 3 N–H and O–H groups in total. The minimum atomic E-state index is -0.254. The zero-order chi connectivity index (χ0) is 21.3. The van der Waals surface area contributed by atoms with Gasteiger partial charge in [-0.25, -0.2) is 0 Å². The first kappa shape index (κ1) is 25.7. The van der Waals surface area contributed by atoms with Crippen LogP contribution in [0.2, 0.25) is 0 Å². The lowest BCUT2D eigenvalue weighted by Gasteiger charge is -2.23. The van der Waals surface area contributed by atoms with E-state index in [9.17, 15) is 4.79 Å². The Balaban J connectivity index is 0.00000450. The minimum Gasteiger partial charge on any atom is -0.488 e. The highest BCUT2D eigenvalue weighted by molar-refractivity contribution is 14.0. The molecule has 164 valence electrons. The van der Waals surface area contributed by atoms with Gasteiger partial charge in [0.1, 0.15) is 11.4 Å². The first-order valence-electron chi connectivity index (χ1n) is 9.91.